The molecular weight excluding hydrogens is 200 g/mol. The first-order valence-corrected chi connectivity index (χ1v) is 3.93. The van der Waals surface area contributed by atoms with Gasteiger partial charge in [-0.05, 0) is 6.92 Å². The van der Waals surface area contributed by atoms with Gasteiger partial charge in [0.2, 0.25) is 0 Å². The third kappa shape index (κ3) is 7.91. The molecule has 0 bridgehead atoms. The first-order valence-electron chi connectivity index (χ1n) is 3.02. The van der Waals surface area contributed by atoms with Gasteiger partial charge in [-0.25, -0.2) is 0 Å². The summed E-state index contributed by atoms with van der Waals surface area (Å²) in [5.41, 5.74) is 0. The highest BCUT2D eigenvalue weighted by atomic mass is 79.9. The molecular formula is C6H11BrO3. The van der Waals surface area contributed by atoms with Gasteiger partial charge in [-0.3, -0.25) is 4.79 Å². The predicted molar refractivity (Wildman–Crippen MR) is 41.0 cm³/mol. The fraction of sp³-hybridized carbons (Fsp3) is 0.833. The summed E-state index contributed by atoms with van der Waals surface area (Å²) >= 11 is 3.18. The number of halogens is 1. The Morgan fingerprint density at radius 3 is 2.60 bits per heavy atom. The molecule has 0 aliphatic heterocycles. The number of esters is 1. The van der Waals surface area contributed by atoms with E-state index in [1.807, 2.05) is 6.92 Å². The van der Waals surface area contributed by atoms with Crippen LogP contribution < -0.4 is 0 Å². The molecule has 0 amide bonds. The number of hydrogen-bond donors (Lipinski definition) is 0. The Morgan fingerprint density at radius 1 is 1.60 bits per heavy atom. The van der Waals surface area contributed by atoms with Gasteiger partial charge in [0.1, 0.15) is 11.6 Å². The van der Waals surface area contributed by atoms with Crippen LogP contribution in [0.4, 0.5) is 0 Å². The summed E-state index contributed by atoms with van der Waals surface area (Å²) in [5, 5.41) is 0.0167. The van der Waals surface area contributed by atoms with E-state index in [4.69, 9.17) is 4.74 Å². The second-order valence-corrected chi connectivity index (χ2v) is 3.04. The third-order valence-corrected chi connectivity index (χ3v) is 1.00. The minimum atomic E-state index is -0.272. The van der Waals surface area contributed by atoms with E-state index < -0.39 is 0 Å². The number of carbonyl (C=O) groups is 1. The van der Waals surface area contributed by atoms with Crippen LogP contribution in [0.25, 0.3) is 0 Å². The summed E-state index contributed by atoms with van der Waals surface area (Å²) in [6.45, 7) is 3.99. The van der Waals surface area contributed by atoms with Gasteiger partial charge in [0, 0.05) is 6.92 Å². The molecule has 0 fully saturated rings. The molecule has 0 aliphatic carbocycles. The van der Waals surface area contributed by atoms with Crippen LogP contribution in [0.5, 0.6) is 0 Å². The third-order valence-electron chi connectivity index (χ3n) is 0.736. The first-order chi connectivity index (χ1) is 4.63. The van der Waals surface area contributed by atoms with E-state index >= 15 is 0 Å². The van der Waals surface area contributed by atoms with Crippen molar-refractivity contribution in [1.29, 1.82) is 0 Å². The summed E-state index contributed by atoms with van der Waals surface area (Å²) in [7, 11) is 0. The molecule has 0 saturated heterocycles. The van der Waals surface area contributed by atoms with Crippen molar-refractivity contribution in [3.63, 3.8) is 0 Å². The molecule has 0 aliphatic rings. The van der Waals surface area contributed by atoms with Crippen LogP contribution in [-0.4, -0.2) is 24.2 Å². The van der Waals surface area contributed by atoms with Crippen molar-refractivity contribution in [3.8, 4) is 0 Å². The maximum atomic E-state index is 10.2. The van der Waals surface area contributed by atoms with Crippen molar-refractivity contribution in [2.24, 2.45) is 0 Å². The van der Waals surface area contributed by atoms with Crippen molar-refractivity contribution >= 4 is 21.9 Å². The zero-order valence-electron chi connectivity index (χ0n) is 6.09. The fourth-order valence-corrected chi connectivity index (χ4v) is 0.583. The van der Waals surface area contributed by atoms with E-state index in [9.17, 15) is 4.79 Å². The molecule has 0 aromatic heterocycles. The summed E-state index contributed by atoms with van der Waals surface area (Å²) in [6, 6.07) is 0. The topological polar surface area (TPSA) is 35.5 Å². The van der Waals surface area contributed by atoms with Crippen LogP contribution >= 0.6 is 15.9 Å². The van der Waals surface area contributed by atoms with Gasteiger partial charge in [-0.15, -0.1) is 0 Å². The molecule has 1 unspecified atom stereocenters. The van der Waals surface area contributed by atoms with Crippen molar-refractivity contribution < 1.29 is 14.3 Å². The first kappa shape index (κ1) is 9.91. The standard InChI is InChI=1S/C6H11BrO3/c1-5(7)9-3-4-10-6(2)8/h5H,3-4H2,1-2H3. The molecule has 0 N–H and O–H groups in total. The summed E-state index contributed by atoms with van der Waals surface area (Å²) in [6.07, 6.45) is 0. The SMILES string of the molecule is CC(=O)OCCOC(C)Br. The average molecular weight is 211 g/mol. The Labute approximate surface area is 68.8 Å². The smallest absolute Gasteiger partial charge is 0.302 e. The minimum absolute atomic E-state index is 0.0167. The highest BCUT2D eigenvalue weighted by molar-refractivity contribution is 9.09. The Morgan fingerprint density at radius 2 is 2.20 bits per heavy atom. The molecule has 0 radical (unpaired) electrons. The molecule has 0 aromatic rings. The molecule has 10 heavy (non-hydrogen) atoms. The van der Waals surface area contributed by atoms with Gasteiger partial charge in [0.25, 0.3) is 0 Å². The maximum Gasteiger partial charge on any atom is 0.302 e. The number of ether oxygens (including phenoxy) is 2. The van der Waals surface area contributed by atoms with Crippen LogP contribution in [0.3, 0.4) is 0 Å². The number of hydrogen-bond acceptors (Lipinski definition) is 3. The van der Waals surface area contributed by atoms with Gasteiger partial charge in [-0.1, -0.05) is 15.9 Å². The van der Waals surface area contributed by atoms with Crippen molar-refractivity contribution in [2.45, 2.75) is 18.9 Å². The molecule has 4 heteroatoms. The zero-order valence-corrected chi connectivity index (χ0v) is 7.68. The molecule has 0 saturated carbocycles. The quantitative estimate of drug-likeness (QED) is 0.399. The Bertz CT molecular complexity index is 103. The number of rotatable bonds is 4. The molecule has 1 atom stereocenters. The summed E-state index contributed by atoms with van der Waals surface area (Å²) < 4.78 is 9.64. The molecule has 60 valence electrons. The number of alkyl halides is 1. The molecule has 0 heterocycles. The van der Waals surface area contributed by atoms with Gasteiger partial charge in [-0.2, -0.15) is 0 Å². The lowest BCUT2D eigenvalue weighted by Crippen LogP contribution is -2.09. The average Bonchev–Trinajstić information content (AvgIpc) is 1.79. The normalized spacial score (nSPS) is 12.7. The Balaban J connectivity index is 2.98. The highest BCUT2D eigenvalue weighted by Gasteiger charge is 1.95. The van der Waals surface area contributed by atoms with E-state index in [1.54, 1.807) is 0 Å². The predicted octanol–water partition coefficient (Wildman–Crippen LogP) is 1.31. The van der Waals surface area contributed by atoms with E-state index in [0.29, 0.717) is 13.2 Å². The second kappa shape index (κ2) is 5.68. The van der Waals surface area contributed by atoms with Crippen LogP contribution in [0.2, 0.25) is 0 Å². The lowest BCUT2D eigenvalue weighted by molar-refractivity contribution is -0.142. The minimum Gasteiger partial charge on any atom is -0.463 e. The van der Waals surface area contributed by atoms with Gasteiger partial charge >= 0.3 is 5.97 Å². The molecule has 0 aromatic carbocycles. The van der Waals surface area contributed by atoms with Crippen molar-refractivity contribution in [3.05, 3.63) is 0 Å². The summed E-state index contributed by atoms with van der Waals surface area (Å²) in [5.74, 6) is -0.272. The van der Waals surface area contributed by atoms with Crippen LogP contribution in [0.15, 0.2) is 0 Å². The van der Waals surface area contributed by atoms with Crippen LogP contribution in [-0.2, 0) is 14.3 Å². The Hall–Kier alpha value is -0.0900. The second-order valence-electron chi connectivity index (χ2n) is 1.75. The molecule has 3 nitrogen and oxygen atoms in total. The van der Waals surface area contributed by atoms with E-state index in [1.165, 1.54) is 6.92 Å². The zero-order chi connectivity index (χ0) is 7.98. The van der Waals surface area contributed by atoms with Gasteiger partial charge < -0.3 is 9.47 Å². The highest BCUT2D eigenvalue weighted by Crippen LogP contribution is 1.97. The van der Waals surface area contributed by atoms with E-state index in [2.05, 4.69) is 20.7 Å². The van der Waals surface area contributed by atoms with Crippen molar-refractivity contribution in [2.75, 3.05) is 13.2 Å². The van der Waals surface area contributed by atoms with E-state index in [0.717, 1.165) is 0 Å². The number of carbonyl (C=O) groups excluding carboxylic acids is 1. The van der Waals surface area contributed by atoms with Crippen LogP contribution in [0.1, 0.15) is 13.8 Å². The van der Waals surface area contributed by atoms with Gasteiger partial charge in [0.15, 0.2) is 0 Å². The van der Waals surface area contributed by atoms with Crippen molar-refractivity contribution in [1.82, 2.24) is 0 Å². The summed E-state index contributed by atoms with van der Waals surface area (Å²) in [4.78, 5) is 10.2. The van der Waals surface area contributed by atoms with E-state index in [-0.39, 0.29) is 11.0 Å². The van der Waals surface area contributed by atoms with Crippen LogP contribution in [0, 0.1) is 0 Å². The fourth-order valence-electron chi connectivity index (χ4n) is 0.396. The lowest BCUT2D eigenvalue weighted by Gasteiger charge is -2.04. The monoisotopic (exact) mass is 210 g/mol. The molecule has 0 spiro atoms. The largest absolute Gasteiger partial charge is 0.463 e. The Kier molecular flexibility index (Phi) is 5.63. The van der Waals surface area contributed by atoms with Gasteiger partial charge in [0.05, 0.1) is 6.61 Å². The maximum absolute atomic E-state index is 10.2. The lowest BCUT2D eigenvalue weighted by atomic mass is 10.7. The molecule has 0 rings (SSSR count).